The van der Waals surface area contributed by atoms with E-state index in [-0.39, 0.29) is 18.0 Å². The number of alkyl carbamates (subject to hydrolysis) is 1. The minimum absolute atomic E-state index is 0.116. The number of carboxylic acid groups (broad SMARTS) is 1. The quantitative estimate of drug-likeness (QED) is 0.788. The molecule has 1 amide bonds. The van der Waals surface area contributed by atoms with E-state index in [0.717, 1.165) is 6.42 Å². The molecular formula is C13H24N2O4. The number of rotatable bonds is 5. The summed E-state index contributed by atoms with van der Waals surface area (Å²) in [6.45, 7) is 6.55. The summed E-state index contributed by atoms with van der Waals surface area (Å²) in [4.78, 5) is 24.5. The zero-order chi connectivity index (χ0) is 14.6. The Balaban J connectivity index is 2.71. The van der Waals surface area contributed by atoms with Crippen LogP contribution in [0.4, 0.5) is 4.79 Å². The highest BCUT2D eigenvalue weighted by Gasteiger charge is 2.37. The van der Waals surface area contributed by atoms with Gasteiger partial charge in [0.15, 0.2) is 0 Å². The largest absolute Gasteiger partial charge is 0.480 e. The summed E-state index contributed by atoms with van der Waals surface area (Å²) in [5, 5.41) is 12.0. The molecule has 0 radical (unpaired) electrons. The molecule has 6 nitrogen and oxygen atoms in total. The summed E-state index contributed by atoms with van der Waals surface area (Å²) in [7, 11) is 1.32. The predicted molar refractivity (Wildman–Crippen MR) is 71.0 cm³/mol. The van der Waals surface area contributed by atoms with Gasteiger partial charge in [0, 0.05) is 18.6 Å². The van der Waals surface area contributed by atoms with E-state index in [9.17, 15) is 14.7 Å². The van der Waals surface area contributed by atoms with Crippen LogP contribution in [0.15, 0.2) is 0 Å². The molecule has 0 aromatic carbocycles. The first kappa shape index (κ1) is 15.8. The number of nitrogens with zero attached hydrogens (tertiary/aromatic N) is 1. The van der Waals surface area contributed by atoms with Crippen molar-refractivity contribution in [3.8, 4) is 0 Å². The number of nitrogens with one attached hydrogen (secondary N) is 1. The second-order valence-corrected chi connectivity index (χ2v) is 5.46. The number of carboxylic acids is 1. The first-order valence-corrected chi connectivity index (χ1v) is 6.69. The average molecular weight is 272 g/mol. The number of hydrogen-bond donors (Lipinski definition) is 2. The number of hydrogen-bond acceptors (Lipinski definition) is 4. The van der Waals surface area contributed by atoms with Gasteiger partial charge in [-0.3, -0.25) is 9.69 Å². The van der Waals surface area contributed by atoms with Gasteiger partial charge in [0.25, 0.3) is 0 Å². The molecule has 2 N–H and O–H groups in total. The van der Waals surface area contributed by atoms with Crippen molar-refractivity contribution >= 4 is 12.1 Å². The monoisotopic (exact) mass is 272 g/mol. The molecular weight excluding hydrogens is 248 g/mol. The third-order valence-electron chi connectivity index (χ3n) is 3.81. The fourth-order valence-electron chi connectivity index (χ4n) is 2.47. The van der Waals surface area contributed by atoms with Crippen LogP contribution < -0.4 is 5.32 Å². The maximum absolute atomic E-state index is 11.3. The lowest BCUT2D eigenvalue weighted by atomic mass is 10.0. The zero-order valence-corrected chi connectivity index (χ0v) is 12.0. The van der Waals surface area contributed by atoms with E-state index in [1.54, 1.807) is 0 Å². The van der Waals surface area contributed by atoms with Gasteiger partial charge in [0.2, 0.25) is 0 Å². The van der Waals surface area contributed by atoms with Crippen LogP contribution in [0.25, 0.3) is 0 Å². The number of aliphatic carboxylic acids is 1. The molecule has 0 aromatic heterocycles. The third-order valence-corrected chi connectivity index (χ3v) is 3.81. The van der Waals surface area contributed by atoms with Crippen molar-refractivity contribution in [2.45, 2.75) is 51.7 Å². The molecule has 19 heavy (non-hydrogen) atoms. The Kier molecular flexibility index (Phi) is 5.60. The van der Waals surface area contributed by atoms with E-state index < -0.39 is 18.1 Å². The molecule has 0 unspecified atom stereocenters. The predicted octanol–water partition coefficient (Wildman–Crippen LogP) is 1.30. The van der Waals surface area contributed by atoms with E-state index in [1.165, 1.54) is 7.11 Å². The summed E-state index contributed by atoms with van der Waals surface area (Å²) in [6.07, 6.45) is 1.07. The summed E-state index contributed by atoms with van der Waals surface area (Å²) in [5.41, 5.74) is 0. The Morgan fingerprint density at radius 1 is 1.42 bits per heavy atom. The Labute approximate surface area is 114 Å². The van der Waals surface area contributed by atoms with Gasteiger partial charge in [-0.1, -0.05) is 13.8 Å². The molecule has 1 rings (SSSR count). The van der Waals surface area contributed by atoms with Crippen LogP contribution in [-0.2, 0) is 9.53 Å². The lowest BCUT2D eigenvalue weighted by molar-refractivity contribution is -0.142. The first-order chi connectivity index (χ1) is 8.86. The van der Waals surface area contributed by atoms with Gasteiger partial charge in [-0.15, -0.1) is 0 Å². The molecule has 1 heterocycles. The van der Waals surface area contributed by atoms with Crippen molar-refractivity contribution in [2.24, 2.45) is 5.92 Å². The van der Waals surface area contributed by atoms with E-state index in [4.69, 9.17) is 0 Å². The summed E-state index contributed by atoms with van der Waals surface area (Å²) in [5.74, 6) is -0.578. The van der Waals surface area contributed by atoms with Gasteiger partial charge in [-0.05, 0) is 25.7 Å². The Hall–Kier alpha value is -1.30. The molecule has 0 aliphatic carbocycles. The summed E-state index contributed by atoms with van der Waals surface area (Å²) >= 11 is 0. The normalized spacial score (nSPS) is 25.3. The lowest BCUT2D eigenvalue weighted by Crippen LogP contribution is -2.51. The average Bonchev–Trinajstić information content (AvgIpc) is 2.69. The molecule has 1 saturated heterocycles. The van der Waals surface area contributed by atoms with Gasteiger partial charge in [0.05, 0.1) is 7.11 Å². The van der Waals surface area contributed by atoms with Crippen LogP contribution in [0.5, 0.6) is 0 Å². The molecule has 0 saturated carbocycles. The van der Waals surface area contributed by atoms with Crippen LogP contribution in [-0.4, -0.2) is 53.8 Å². The number of amides is 1. The van der Waals surface area contributed by atoms with Crippen molar-refractivity contribution in [1.82, 2.24) is 10.2 Å². The molecule has 1 aliphatic heterocycles. The minimum Gasteiger partial charge on any atom is -0.480 e. The van der Waals surface area contributed by atoms with Crippen molar-refractivity contribution in [1.29, 1.82) is 0 Å². The van der Waals surface area contributed by atoms with E-state index in [0.29, 0.717) is 13.0 Å². The fourth-order valence-corrected chi connectivity index (χ4v) is 2.47. The fraction of sp³-hybridized carbons (Fsp3) is 0.846. The molecule has 3 atom stereocenters. The standard InChI is InChI=1S/C13H24N2O4/c1-8(2)10(14-13(18)19-4)7-15-9(3)5-6-11(15)12(16)17/h8-11H,5-7H2,1-4H3,(H,14,18)(H,16,17)/t9-,10+,11-/m0/s1. The molecule has 0 bridgehead atoms. The van der Waals surface area contributed by atoms with Crippen molar-refractivity contribution in [2.75, 3.05) is 13.7 Å². The van der Waals surface area contributed by atoms with Gasteiger partial charge in [-0.25, -0.2) is 4.79 Å². The third kappa shape index (κ3) is 4.09. The molecule has 110 valence electrons. The molecule has 0 aromatic rings. The molecule has 0 spiro atoms. The Morgan fingerprint density at radius 3 is 2.53 bits per heavy atom. The van der Waals surface area contributed by atoms with Crippen LogP contribution in [0.3, 0.4) is 0 Å². The maximum Gasteiger partial charge on any atom is 0.407 e. The SMILES string of the molecule is COC(=O)N[C@H](CN1[C@@H](C)CC[C@H]1C(=O)O)C(C)C. The smallest absolute Gasteiger partial charge is 0.407 e. The second kappa shape index (κ2) is 6.75. The molecule has 1 fully saturated rings. The van der Waals surface area contributed by atoms with E-state index in [2.05, 4.69) is 10.1 Å². The van der Waals surface area contributed by atoms with Crippen LogP contribution in [0.1, 0.15) is 33.6 Å². The highest BCUT2D eigenvalue weighted by atomic mass is 16.5. The van der Waals surface area contributed by atoms with Crippen LogP contribution in [0.2, 0.25) is 0 Å². The summed E-state index contributed by atoms with van der Waals surface area (Å²) < 4.78 is 4.61. The van der Waals surface area contributed by atoms with E-state index in [1.807, 2.05) is 25.7 Å². The van der Waals surface area contributed by atoms with Crippen LogP contribution in [0, 0.1) is 5.92 Å². The highest BCUT2D eigenvalue weighted by Crippen LogP contribution is 2.25. The molecule has 6 heteroatoms. The number of carbonyl (C=O) groups excluding carboxylic acids is 1. The number of likely N-dealkylation sites (tertiary alicyclic amines) is 1. The molecule has 1 aliphatic rings. The van der Waals surface area contributed by atoms with Gasteiger partial charge in [-0.2, -0.15) is 0 Å². The van der Waals surface area contributed by atoms with E-state index >= 15 is 0 Å². The van der Waals surface area contributed by atoms with Crippen molar-refractivity contribution in [3.05, 3.63) is 0 Å². The highest BCUT2D eigenvalue weighted by molar-refractivity contribution is 5.74. The Bertz CT molecular complexity index is 333. The number of carbonyl (C=O) groups is 2. The first-order valence-electron chi connectivity index (χ1n) is 6.69. The lowest BCUT2D eigenvalue weighted by Gasteiger charge is -2.32. The number of methoxy groups -OCH3 is 1. The Morgan fingerprint density at radius 2 is 2.05 bits per heavy atom. The van der Waals surface area contributed by atoms with Gasteiger partial charge >= 0.3 is 12.1 Å². The van der Waals surface area contributed by atoms with Crippen molar-refractivity contribution in [3.63, 3.8) is 0 Å². The minimum atomic E-state index is -0.787. The van der Waals surface area contributed by atoms with Gasteiger partial charge in [0.1, 0.15) is 6.04 Å². The van der Waals surface area contributed by atoms with Crippen LogP contribution >= 0.6 is 0 Å². The summed E-state index contributed by atoms with van der Waals surface area (Å²) in [6, 6.07) is -0.340. The zero-order valence-electron chi connectivity index (χ0n) is 12.0. The maximum atomic E-state index is 11.3. The van der Waals surface area contributed by atoms with Gasteiger partial charge < -0.3 is 15.2 Å². The number of ether oxygens (including phenoxy) is 1. The van der Waals surface area contributed by atoms with Crippen molar-refractivity contribution < 1.29 is 19.4 Å². The topological polar surface area (TPSA) is 78.9 Å². The second-order valence-electron chi connectivity index (χ2n) is 5.46.